The van der Waals surface area contributed by atoms with Crippen molar-refractivity contribution < 1.29 is 0 Å². The first-order valence-corrected chi connectivity index (χ1v) is 6.62. The Morgan fingerprint density at radius 2 is 1.94 bits per heavy atom. The molecule has 2 aromatic heterocycles. The Morgan fingerprint density at radius 3 is 2.62 bits per heavy atom. The van der Waals surface area contributed by atoms with Crippen LogP contribution in [0.4, 0.5) is 5.82 Å². The predicted molar refractivity (Wildman–Crippen MR) is 70.2 cm³/mol. The molecule has 0 spiro atoms. The van der Waals surface area contributed by atoms with Gasteiger partial charge in [0.2, 0.25) is 0 Å². The summed E-state index contributed by atoms with van der Waals surface area (Å²) in [6.45, 7) is 0. The minimum absolute atomic E-state index is 0.426. The van der Waals surface area contributed by atoms with Gasteiger partial charge in [-0.3, -0.25) is 0 Å². The van der Waals surface area contributed by atoms with Crippen molar-refractivity contribution in [3.63, 3.8) is 0 Å². The van der Waals surface area contributed by atoms with Crippen LogP contribution < -0.4 is 5.73 Å². The second kappa shape index (κ2) is 5.11. The van der Waals surface area contributed by atoms with Gasteiger partial charge >= 0.3 is 0 Å². The highest BCUT2D eigenvalue weighted by Crippen LogP contribution is 2.32. The monoisotopic (exact) mass is 360 g/mol. The SMILES string of the molecule is Nc1ncnc(Sc2ccc(Br)cn2)c1Br. The van der Waals surface area contributed by atoms with Crippen molar-refractivity contribution >= 4 is 49.4 Å². The number of nitrogens with two attached hydrogens (primary N) is 1. The van der Waals surface area contributed by atoms with Gasteiger partial charge in [-0.25, -0.2) is 15.0 Å². The topological polar surface area (TPSA) is 64.7 Å². The minimum Gasteiger partial charge on any atom is -0.383 e. The quantitative estimate of drug-likeness (QED) is 0.832. The van der Waals surface area contributed by atoms with Gasteiger partial charge in [0.05, 0.1) is 4.47 Å². The molecule has 7 heteroatoms. The van der Waals surface area contributed by atoms with E-state index in [1.165, 1.54) is 18.1 Å². The van der Waals surface area contributed by atoms with E-state index in [2.05, 4.69) is 46.8 Å². The van der Waals surface area contributed by atoms with Crippen LogP contribution in [0, 0.1) is 0 Å². The molecule has 0 bridgehead atoms. The van der Waals surface area contributed by atoms with Gasteiger partial charge in [0.25, 0.3) is 0 Å². The maximum absolute atomic E-state index is 5.66. The molecule has 0 aliphatic carbocycles. The summed E-state index contributed by atoms with van der Waals surface area (Å²) in [6.07, 6.45) is 3.17. The van der Waals surface area contributed by atoms with Gasteiger partial charge in [-0.2, -0.15) is 0 Å². The molecular formula is C9H6Br2N4S. The zero-order valence-electron chi connectivity index (χ0n) is 7.89. The first-order valence-electron chi connectivity index (χ1n) is 4.22. The van der Waals surface area contributed by atoms with E-state index in [0.717, 1.165) is 14.5 Å². The second-order valence-electron chi connectivity index (χ2n) is 2.79. The molecule has 0 atom stereocenters. The maximum atomic E-state index is 5.66. The largest absolute Gasteiger partial charge is 0.383 e. The smallest absolute Gasteiger partial charge is 0.142 e. The van der Waals surface area contributed by atoms with E-state index in [4.69, 9.17) is 5.73 Å². The van der Waals surface area contributed by atoms with Gasteiger partial charge in [-0.15, -0.1) is 0 Å². The highest BCUT2D eigenvalue weighted by molar-refractivity contribution is 9.10. The number of nitrogens with zero attached hydrogens (tertiary/aromatic N) is 3. The number of hydrogen-bond donors (Lipinski definition) is 1. The van der Waals surface area contributed by atoms with Crippen molar-refractivity contribution in [2.45, 2.75) is 10.1 Å². The molecule has 16 heavy (non-hydrogen) atoms. The van der Waals surface area contributed by atoms with Crippen LogP contribution in [0.25, 0.3) is 0 Å². The number of anilines is 1. The van der Waals surface area contributed by atoms with Crippen LogP contribution in [0.3, 0.4) is 0 Å². The van der Waals surface area contributed by atoms with Crippen LogP contribution in [-0.4, -0.2) is 15.0 Å². The van der Waals surface area contributed by atoms with Crippen LogP contribution in [0.5, 0.6) is 0 Å². The Morgan fingerprint density at radius 1 is 1.12 bits per heavy atom. The first kappa shape index (κ1) is 11.8. The van der Waals surface area contributed by atoms with E-state index in [1.807, 2.05) is 12.1 Å². The van der Waals surface area contributed by atoms with Crippen LogP contribution in [0.1, 0.15) is 0 Å². The Hall–Kier alpha value is -0.660. The van der Waals surface area contributed by atoms with E-state index in [9.17, 15) is 0 Å². The summed E-state index contributed by atoms with van der Waals surface area (Å²) in [7, 11) is 0. The third-order valence-corrected chi connectivity index (χ3v) is 4.15. The molecule has 0 unspecified atom stereocenters. The molecule has 2 rings (SSSR count). The van der Waals surface area contributed by atoms with E-state index < -0.39 is 0 Å². The number of halogens is 2. The zero-order valence-corrected chi connectivity index (χ0v) is 11.9. The average molecular weight is 362 g/mol. The molecule has 0 fully saturated rings. The molecule has 2 heterocycles. The summed E-state index contributed by atoms with van der Waals surface area (Å²) in [5.41, 5.74) is 5.66. The fourth-order valence-corrected chi connectivity index (χ4v) is 2.37. The molecule has 2 aromatic rings. The Labute approximate surface area is 113 Å². The molecule has 0 aromatic carbocycles. The number of nitrogen functional groups attached to an aromatic ring is 1. The number of pyridine rings is 1. The van der Waals surface area contributed by atoms with E-state index >= 15 is 0 Å². The van der Waals surface area contributed by atoms with Crippen LogP contribution in [0.15, 0.2) is 43.7 Å². The lowest BCUT2D eigenvalue weighted by molar-refractivity contribution is 1.02. The highest BCUT2D eigenvalue weighted by atomic mass is 79.9. The predicted octanol–water partition coefficient (Wildman–Crippen LogP) is 3.13. The van der Waals surface area contributed by atoms with E-state index in [0.29, 0.717) is 10.3 Å². The summed E-state index contributed by atoms with van der Waals surface area (Å²) in [5.74, 6) is 0.426. The van der Waals surface area contributed by atoms with Crippen molar-refractivity contribution in [3.05, 3.63) is 33.6 Å². The third kappa shape index (κ3) is 2.72. The molecule has 0 radical (unpaired) electrons. The molecule has 0 saturated carbocycles. The Kier molecular flexibility index (Phi) is 3.78. The fraction of sp³-hybridized carbons (Fsp3) is 0. The maximum Gasteiger partial charge on any atom is 0.142 e. The zero-order chi connectivity index (χ0) is 11.5. The minimum atomic E-state index is 0.426. The van der Waals surface area contributed by atoms with Crippen LogP contribution >= 0.6 is 43.6 Å². The third-order valence-electron chi connectivity index (χ3n) is 1.69. The Bertz CT molecular complexity index is 503. The van der Waals surface area contributed by atoms with Crippen LogP contribution in [-0.2, 0) is 0 Å². The molecule has 0 amide bonds. The van der Waals surface area contributed by atoms with Crippen molar-refractivity contribution in [1.82, 2.24) is 15.0 Å². The molecule has 0 saturated heterocycles. The molecule has 82 valence electrons. The summed E-state index contributed by atoms with van der Waals surface area (Å²) < 4.78 is 1.64. The highest BCUT2D eigenvalue weighted by Gasteiger charge is 2.08. The second-order valence-corrected chi connectivity index (χ2v) is 5.51. The lowest BCUT2D eigenvalue weighted by Crippen LogP contribution is -1.94. The van der Waals surface area contributed by atoms with E-state index in [-0.39, 0.29) is 0 Å². The number of hydrogen-bond acceptors (Lipinski definition) is 5. The van der Waals surface area contributed by atoms with Crippen molar-refractivity contribution in [3.8, 4) is 0 Å². The molecule has 0 aliphatic heterocycles. The van der Waals surface area contributed by atoms with Gasteiger partial charge in [0.1, 0.15) is 22.2 Å². The van der Waals surface area contributed by atoms with Gasteiger partial charge in [-0.1, -0.05) is 0 Å². The standard InChI is InChI=1S/C9H6Br2N4S/c10-5-1-2-6(13-3-5)16-9-7(11)8(12)14-4-15-9/h1-4H,(H2,12,14,15). The summed E-state index contributed by atoms with van der Waals surface area (Å²) >= 11 is 8.10. The first-order chi connectivity index (χ1) is 7.66. The molecule has 4 nitrogen and oxygen atoms in total. The van der Waals surface area contributed by atoms with Gasteiger partial charge in [0.15, 0.2) is 0 Å². The van der Waals surface area contributed by atoms with Gasteiger partial charge in [-0.05, 0) is 55.8 Å². The molecule has 2 N–H and O–H groups in total. The van der Waals surface area contributed by atoms with Crippen LogP contribution in [0.2, 0.25) is 0 Å². The Balaban J connectivity index is 2.27. The lowest BCUT2D eigenvalue weighted by Gasteiger charge is -2.03. The average Bonchev–Trinajstić information content (AvgIpc) is 2.28. The fourth-order valence-electron chi connectivity index (χ4n) is 0.959. The van der Waals surface area contributed by atoms with E-state index in [1.54, 1.807) is 6.20 Å². The molecule has 0 aliphatic rings. The normalized spacial score (nSPS) is 10.4. The number of aromatic nitrogens is 3. The summed E-state index contributed by atoms with van der Waals surface area (Å²) in [6, 6.07) is 3.83. The number of rotatable bonds is 2. The summed E-state index contributed by atoms with van der Waals surface area (Å²) in [4.78, 5) is 12.2. The van der Waals surface area contributed by atoms with Crippen molar-refractivity contribution in [1.29, 1.82) is 0 Å². The molecular weight excluding hydrogens is 356 g/mol. The van der Waals surface area contributed by atoms with Gasteiger partial charge < -0.3 is 5.73 Å². The van der Waals surface area contributed by atoms with Crippen molar-refractivity contribution in [2.24, 2.45) is 0 Å². The lowest BCUT2D eigenvalue weighted by atomic mass is 10.5. The summed E-state index contributed by atoms with van der Waals surface area (Å²) in [5, 5.41) is 1.60. The van der Waals surface area contributed by atoms with Crippen molar-refractivity contribution in [2.75, 3.05) is 5.73 Å². The van der Waals surface area contributed by atoms with Gasteiger partial charge in [0, 0.05) is 10.7 Å².